The van der Waals surface area contributed by atoms with Gasteiger partial charge in [-0.1, -0.05) is 48.5 Å². The Balaban J connectivity index is 1.41. The van der Waals surface area contributed by atoms with Gasteiger partial charge in [-0.2, -0.15) is 5.10 Å². The molecule has 2 amide bonds. The highest BCUT2D eigenvalue weighted by Gasteiger charge is 2.12. The number of carbonyl (C=O) groups excluding carboxylic acids is 1. The zero-order valence-electron chi connectivity index (χ0n) is 15.1. The lowest BCUT2D eigenvalue weighted by atomic mass is 10.0. The number of aromatic nitrogens is 2. The highest BCUT2D eigenvalue weighted by molar-refractivity contribution is 5.94. The predicted octanol–water partition coefficient (Wildman–Crippen LogP) is 3.37. The van der Waals surface area contributed by atoms with E-state index in [0.29, 0.717) is 6.54 Å². The maximum absolute atomic E-state index is 12.4. The number of nitrogens with one attached hydrogen (secondary N) is 3. The van der Waals surface area contributed by atoms with Crippen LogP contribution < -0.4 is 16.0 Å². The molecule has 6 nitrogen and oxygen atoms in total. The van der Waals surface area contributed by atoms with E-state index in [-0.39, 0.29) is 6.03 Å². The second kappa shape index (κ2) is 8.05. The molecule has 1 aromatic heterocycles. The van der Waals surface area contributed by atoms with Crippen LogP contribution in [0.4, 0.5) is 10.5 Å². The van der Waals surface area contributed by atoms with Gasteiger partial charge in [-0.05, 0) is 30.7 Å². The first-order valence-corrected chi connectivity index (χ1v) is 9.25. The van der Waals surface area contributed by atoms with Crippen LogP contribution in [0.25, 0.3) is 11.1 Å². The summed E-state index contributed by atoms with van der Waals surface area (Å²) in [7, 11) is 0. The average Bonchev–Trinajstić information content (AvgIpc) is 2.96. The van der Waals surface area contributed by atoms with Crippen LogP contribution in [-0.4, -0.2) is 22.4 Å². The molecule has 2 aromatic carbocycles. The molecule has 0 unspecified atom stereocenters. The largest absolute Gasteiger partial charge is 0.332 e. The predicted molar refractivity (Wildman–Crippen MR) is 106 cm³/mol. The van der Waals surface area contributed by atoms with E-state index in [4.69, 9.17) is 0 Å². The first kappa shape index (κ1) is 17.3. The Bertz CT molecular complexity index is 896. The van der Waals surface area contributed by atoms with Gasteiger partial charge in [0.2, 0.25) is 0 Å². The number of amides is 2. The number of fused-ring (bicyclic) bond motifs is 1. The summed E-state index contributed by atoms with van der Waals surface area (Å²) in [6, 6.07) is 19.6. The number of benzene rings is 2. The summed E-state index contributed by atoms with van der Waals surface area (Å²) in [5.41, 5.74) is 4.89. The van der Waals surface area contributed by atoms with Crippen LogP contribution in [0.2, 0.25) is 0 Å². The normalized spacial score (nSPS) is 13.5. The zero-order valence-corrected chi connectivity index (χ0v) is 15.1. The number of carbonyl (C=O) groups is 1. The first-order valence-electron chi connectivity index (χ1n) is 9.25. The molecule has 0 radical (unpaired) electrons. The Kier molecular flexibility index (Phi) is 5.16. The Labute approximate surface area is 158 Å². The van der Waals surface area contributed by atoms with Crippen molar-refractivity contribution in [2.75, 3.05) is 11.9 Å². The van der Waals surface area contributed by atoms with Gasteiger partial charge in [-0.3, -0.25) is 4.68 Å². The smallest absolute Gasteiger partial charge is 0.319 e. The van der Waals surface area contributed by atoms with Crippen LogP contribution in [0, 0.1) is 0 Å². The molecule has 1 aliphatic heterocycles. The third kappa shape index (κ3) is 4.17. The SMILES string of the molecule is O=C(NCc1cc2n(n1)CCCNC2)Nc1ccccc1-c1ccccc1. The number of rotatable bonds is 4. The van der Waals surface area contributed by atoms with E-state index in [0.717, 1.165) is 48.6 Å². The first-order chi connectivity index (χ1) is 13.3. The van der Waals surface area contributed by atoms with E-state index in [1.165, 1.54) is 5.69 Å². The van der Waals surface area contributed by atoms with Gasteiger partial charge in [-0.25, -0.2) is 4.79 Å². The standard InChI is InChI=1S/C21H23N5O/c27-21(23-14-17-13-18-15-22-11-6-12-26(18)25-17)24-20-10-5-4-9-19(20)16-7-2-1-3-8-16/h1-5,7-10,13,22H,6,11-12,14-15H2,(H2,23,24,27). The molecule has 138 valence electrons. The van der Waals surface area contributed by atoms with Gasteiger partial charge >= 0.3 is 6.03 Å². The summed E-state index contributed by atoms with van der Waals surface area (Å²) in [6.07, 6.45) is 1.07. The molecule has 0 atom stereocenters. The van der Waals surface area contributed by atoms with Crippen LogP contribution >= 0.6 is 0 Å². The maximum atomic E-state index is 12.4. The molecule has 6 heteroatoms. The summed E-state index contributed by atoms with van der Waals surface area (Å²) in [4.78, 5) is 12.4. The van der Waals surface area contributed by atoms with Gasteiger partial charge in [0, 0.05) is 18.7 Å². The third-order valence-electron chi connectivity index (χ3n) is 4.63. The molecule has 0 spiro atoms. The van der Waals surface area contributed by atoms with E-state index in [9.17, 15) is 4.79 Å². The van der Waals surface area contributed by atoms with Crippen molar-refractivity contribution in [1.82, 2.24) is 20.4 Å². The molecule has 3 N–H and O–H groups in total. The quantitative estimate of drug-likeness (QED) is 0.667. The van der Waals surface area contributed by atoms with E-state index >= 15 is 0 Å². The van der Waals surface area contributed by atoms with Crippen molar-refractivity contribution in [2.45, 2.75) is 26.1 Å². The summed E-state index contributed by atoms with van der Waals surface area (Å²) in [5.74, 6) is 0. The van der Waals surface area contributed by atoms with Gasteiger partial charge in [0.05, 0.1) is 23.6 Å². The Hall–Kier alpha value is -3.12. The van der Waals surface area contributed by atoms with Gasteiger partial charge in [0.15, 0.2) is 0 Å². The molecule has 2 heterocycles. The van der Waals surface area contributed by atoms with Crippen molar-refractivity contribution in [3.05, 3.63) is 72.1 Å². The molecular weight excluding hydrogens is 338 g/mol. The molecule has 3 aromatic rings. The topological polar surface area (TPSA) is 71.0 Å². The maximum Gasteiger partial charge on any atom is 0.319 e. The van der Waals surface area contributed by atoms with E-state index in [2.05, 4.69) is 27.1 Å². The van der Waals surface area contributed by atoms with Crippen molar-refractivity contribution in [3.63, 3.8) is 0 Å². The zero-order chi connectivity index (χ0) is 18.5. The third-order valence-corrected chi connectivity index (χ3v) is 4.63. The fourth-order valence-corrected chi connectivity index (χ4v) is 3.31. The minimum Gasteiger partial charge on any atom is -0.332 e. The molecule has 27 heavy (non-hydrogen) atoms. The molecular formula is C21H23N5O. The molecule has 0 saturated heterocycles. The van der Waals surface area contributed by atoms with Crippen LogP contribution in [0.3, 0.4) is 0 Å². The van der Waals surface area contributed by atoms with Crippen molar-refractivity contribution < 1.29 is 4.79 Å². The van der Waals surface area contributed by atoms with E-state index in [1.807, 2.05) is 59.3 Å². The lowest BCUT2D eigenvalue weighted by molar-refractivity contribution is 0.251. The van der Waals surface area contributed by atoms with Gasteiger partial charge < -0.3 is 16.0 Å². The van der Waals surface area contributed by atoms with Gasteiger partial charge in [0.1, 0.15) is 0 Å². The van der Waals surface area contributed by atoms with Crippen molar-refractivity contribution in [3.8, 4) is 11.1 Å². The van der Waals surface area contributed by atoms with Crippen LogP contribution in [0.1, 0.15) is 17.8 Å². The summed E-state index contributed by atoms with van der Waals surface area (Å²) in [6.45, 7) is 3.15. The van der Waals surface area contributed by atoms with E-state index < -0.39 is 0 Å². The Morgan fingerprint density at radius 2 is 1.93 bits per heavy atom. The van der Waals surface area contributed by atoms with E-state index in [1.54, 1.807) is 0 Å². The van der Waals surface area contributed by atoms with Crippen LogP contribution in [0.5, 0.6) is 0 Å². The number of anilines is 1. The number of hydrogen-bond donors (Lipinski definition) is 3. The van der Waals surface area contributed by atoms with Crippen LogP contribution in [-0.2, 0) is 19.6 Å². The average molecular weight is 361 g/mol. The van der Waals surface area contributed by atoms with Crippen molar-refractivity contribution in [1.29, 1.82) is 0 Å². The second-order valence-corrected chi connectivity index (χ2v) is 6.60. The highest BCUT2D eigenvalue weighted by atomic mass is 16.2. The molecule has 0 fully saturated rings. The van der Waals surface area contributed by atoms with Gasteiger partial charge in [-0.15, -0.1) is 0 Å². The second-order valence-electron chi connectivity index (χ2n) is 6.60. The van der Waals surface area contributed by atoms with Crippen molar-refractivity contribution in [2.24, 2.45) is 0 Å². The minimum absolute atomic E-state index is 0.236. The monoisotopic (exact) mass is 361 g/mol. The Morgan fingerprint density at radius 3 is 2.81 bits per heavy atom. The summed E-state index contributed by atoms with van der Waals surface area (Å²) >= 11 is 0. The molecule has 0 bridgehead atoms. The number of urea groups is 1. The highest BCUT2D eigenvalue weighted by Crippen LogP contribution is 2.27. The fourth-order valence-electron chi connectivity index (χ4n) is 3.31. The summed E-state index contributed by atoms with van der Waals surface area (Å²) < 4.78 is 2.03. The molecule has 1 aliphatic rings. The molecule has 4 rings (SSSR count). The Morgan fingerprint density at radius 1 is 1.11 bits per heavy atom. The lowest BCUT2D eigenvalue weighted by Gasteiger charge is -2.12. The molecule has 0 aliphatic carbocycles. The number of para-hydroxylation sites is 1. The lowest BCUT2D eigenvalue weighted by Crippen LogP contribution is -2.28. The number of hydrogen-bond acceptors (Lipinski definition) is 3. The van der Waals surface area contributed by atoms with Crippen molar-refractivity contribution >= 4 is 11.7 Å². The fraction of sp³-hybridized carbons (Fsp3) is 0.238. The van der Waals surface area contributed by atoms with Crippen LogP contribution in [0.15, 0.2) is 60.7 Å². The summed E-state index contributed by atoms with van der Waals surface area (Å²) in [5, 5.41) is 13.8. The van der Waals surface area contributed by atoms with Gasteiger partial charge in [0.25, 0.3) is 0 Å². The minimum atomic E-state index is -0.236. The number of nitrogens with zero attached hydrogens (tertiary/aromatic N) is 2. The number of aryl methyl sites for hydroxylation is 1. The molecule has 0 saturated carbocycles.